The molecule has 3 heteroatoms. The summed E-state index contributed by atoms with van der Waals surface area (Å²) in [4.78, 5) is 13.5. The molecule has 0 bridgehead atoms. The lowest BCUT2D eigenvalue weighted by molar-refractivity contribution is 0.795. The fourth-order valence-electron chi connectivity index (χ4n) is 6.40. The van der Waals surface area contributed by atoms with Crippen molar-refractivity contribution < 1.29 is 0 Å². The standard InChI is InChI=1S/C32H17ClOS/c33-18-13-14-21-19-7-1-4-10-25(19)32(27(21)15-18)26-11-5-2-8-20(26)23-16-24-30(17-28(23)32)35-29-12-6-3-9-22(29)31(24)34/h1-17H. The quantitative estimate of drug-likeness (QED) is 0.197. The van der Waals surface area contributed by atoms with Gasteiger partial charge in [0.1, 0.15) is 0 Å². The third kappa shape index (κ3) is 2.31. The zero-order valence-electron chi connectivity index (χ0n) is 18.5. The van der Waals surface area contributed by atoms with E-state index in [1.54, 1.807) is 11.3 Å². The van der Waals surface area contributed by atoms with Crippen LogP contribution in [0.4, 0.5) is 0 Å². The van der Waals surface area contributed by atoms with Gasteiger partial charge in [0.2, 0.25) is 0 Å². The molecule has 0 aliphatic heterocycles. The molecule has 1 heterocycles. The van der Waals surface area contributed by atoms with Gasteiger partial charge in [0.15, 0.2) is 5.43 Å². The van der Waals surface area contributed by atoms with E-state index in [-0.39, 0.29) is 5.43 Å². The van der Waals surface area contributed by atoms with Crippen molar-refractivity contribution in [3.8, 4) is 22.3 Å². The largest absolute Gasteiger partial charge is 0.289 e. The Morgan fingerprint density at radius 1 is 0.543 bits per heavy atom. The van der Waals surface area contributed by atoms with Gasteiger partial charge in [-0.25, -0.2) is 0 Å². The van der Waals surface area contributed by atoms with Crippen molar-refractivity contribution in [3.63, 3.8) is 0 Å². The maximum absolute atomic E-state index is 13.5. The summed E-state index contributed by atoms with van der Waals surface area (Å²) in [7, 11) is 0. The molecule has 1 atom stereocenters. The molecule has 0 fully saturated rings. The molecule has 0 N–H and O–H groups in total. The van der Waals surface area contributed by atoms with Crippen molar-refractivity contribution >= 4 is 43.1 Å². The second kappa shape index (κ2) is 6.69. The molecular weight excluding hydrogens is 468 g/mol. The van der Waals surface area contributed by atoms with Crippen molar-refractivity contribution in [2.45, 2.75) is 5.41 Å². The molecule has 2 aliphatic carbocycles. The highest BCUT2D eigenvalue weighted by Gasteiger charge is 2.51. The van der Waals surface area contributed by atoms with Crippen LogP contribution < -0.4 is 5.43 Å². The summed E-state index contributed by atoms with van der Waals surface area (Å²) in [6.45, 7) is 0. The van der Waals surface area contributed by atoms with Crippen LogP contribution in [-0.2, 0) is 5.41 Å². The number of fused-ring (bicyclic) bond motifs is 12. The zero-order chi connectivity index (χ0) is 23.3. The maximum Gasteiger partial charge on any atom is 0.195 e. The van der Waals surface area contributed by atoms with Crippen LogP contribution >= 0.6 is 22.9 Å². The summed E-state index contributed by atoms with van der Waals surface area (Å²) in [5, 5.41) is 2.31. The predicted octanol–water partition coefficient (Wildman–Crippen LogP) is 8.41. The number of benzene rings is 5. The third-order valence-corrected chi connectivity index (χ3v) is 9.12. The molecular formula is C32H17ClOS. The van der Waals surface area contributed by atoms with Crippen LogP contribution in [0.2, 0.25) is 5.02 Å². The first kappa shape index (κ1) is 19.6. The van der Waals surface area contributed by atoms with Crippen molar-refractivity contribution in [2.75, 3.05) is 0 Å². The van der Waals surface area contributed by atoms with Crippen LogP contribution in [0.5, 0.6) is 0 Å². The van der Waals surface area contributed by atoms with E-state index in [0.29, 0.717) is 0 Å². The molecule has 0 radical (unpaired) electrons. The summed E-state index contributed by atoms with van der Waals surface area (Å²) in [5.41, 5.74) is 9.39. The minimum absolute atomic E-state index is 0.103. The second-order valence-corrected chi connectivity index (χ2v) is 10.9. The third-order valence-electron chi connectivity index (χ3n) is 7.75. The first-order valence-corrected chi connectivity index (χ1v) is 12.9. The Labute approximate surface area is 210 Å². The Bertz CT molecular complexity index is 1950. The maximum atomic E-state index is 13.5. The van der Waals surface area contributed by atoms with Gasteiger partial charge in [-0.1, -0.05) is 78.3 Å². The van der Waals surface area contributed by atoms with Gasteiger partial charge in [0.05, 0.1) is 5.41 Å². The van der Waals surface area contributed by atoms with Crippen molar-refractivity contribution in [1.29, 1.82) is 0 Å². The van der Waals surface area contributed by atoms with E-state index in [0.717, 1.165) is 30.8 Å². The van der Waals surface area contributed by atoms with Gasteiger partial charge >= 0.3 is 0 Å². The molecule has 0 saturated heterocycles. The highest BCUT2D eigenvalue weighted by Crippen LogP contribution is 2.63. The zero-order valence-corrected chi connectivity index (χ0v) is 20.1. The van der Waals surface area contributed by atoms with Crippen molar-refractivity contribution in [3.05, 3.63) is 141 Å². The van der Waals surface area contributed by atoms with Gasteiger partial charge in [0.25, 0.3) is 0 Å². The lowest BCUT2D eigenvalue weighted by Crippen LogP contribution is -2.25. The summed E-state index contributed by atoms with van der Waals surface area (Å²) < 4.78 is 2.04. The van der Waals surface area contributed by atoms with E-state index < -0.39 is 5.41 Å². The fourth-order valence-corrected chi connectivity index (χ4v) is 7.67. The molecule has 2 aliphatic rings. The van der Waals surface area contributed by atoms with Crippen LogP contribution in [0.25, 0.3) is 42.4 Å². The normalized spacial score (nSPS) is 16.9. The van der Waals surface area contributed by atoms with Crippen LogP contribution in [0.3, 0.4) is 0 Å². The van der Waals surface area contributed by atoms with E-state index in [1.165, 1.54) is 38.9 Å². The topological polar surface area (TPSA) is 17.1 Å². The van der Waals surface area contributed by atoms with E-state index in [4.69, 9.17) is 11.6 Å². The van der Waals surface area contributed by atoms with E-state index in [1.807, 2.05) is 30.3 Å². The number of hydrogen-bond donors (Lipinski definition) is 0. The van der Waals surface area contributed by atoms with E-state index >= 15 is 0 Å². The van der Waals surface area contributed by atoms with Crippen LogP contribution in [-0.4, -0.2) is 0 Å². The van der Waals surface area contributed by atoms with Gasteiger partial charge in [0, 0.05) is 25.2 Å². The molecule has 0 saturated carbocycles. The number of hydrogen-bond acceptors (Lipinski definition) is 2. The van der Waals surface area contributed by atoms with Gasteiger partial charge in [-0.15, -0.1) is 11.3 Å². The fraction of sp³-hybridized carbons (Fsp3) is 0.0312. The molecule has 1 spiro atoms. The monoisotopic (exact) mass is 484 g/mol. The smallest absolute Gasteiger partial charge is 0.195 e. The van der Waals surface area contributed by atoms with E-state index in [2.05, 4.69) is 72.8 Å². The lowest BCUT2D eigenvalue weighted by Gasteiger charge is -2.30. The van der Waals surface area contributed by atoms with E-state index in [9.17, 15) is 4.79 Å². The average molecular weight is 485 g/mol. The molecule has 0 amide bonds. The number of rotatable bonds is 0. The first-order valence-electron chi connectivity index (χ1n) is 11.7. The summed E-state index contributed by atoms with van der Waals surface area (Å²) in [6.07, 6.45) is 0. The lowest BCUT2D eigenvalue weighted by atomic mass is 9.70. The summed E-state index contributed by atoms with van der Waals surface area (Å²) in [6, 6.07) is 35.9. The van der Waals surface area contributed by atoms with Crippen LogP contribution in [0.1, 0.15) is 22.3 Å². The molecule has 1 nitrogen and oxygen atoms in total. The average Bonchev–Trinajstić information content (AvgIpc) is 3.34. The van der Waals surface area contributed by atoms with Gasteiger partial charge in [-0.05, 0) is 80.9 Å². The SMILES string of the molecule is O=c1c2ccccc2sc2cc3c(cc12)-c1ccccc1C31c2ccccc2-c2ccc(Cl)cc21. The van der Waals surface area contributed by atoms with Crippen molar-refractivity contribution in [2.24, 2.45) is 0 Å². The van der Waals surface area contributed by atoms with Crippen molar-refractivity contribution in [1.82, 2.24) is 0 Å². The highest BCUT2D eigenvalue weighted by molar-refractivity contribution is 7.24. The Morgan fingerprint density at radius 3 is 1.97 bits per heavy atom. The van der Waals surface area contributed by atoms with Crippen LogP contribution in [0.15, 0.2) is 108 Å². The molecule has 5 aromatic carbocycles. The predicted molar refractivity (Wildman–Crippen MR) is 147 cm³/mol. The molecule has 8 rings (SSSR count). The Hall–Kier alpha value is -3.72. The van der Waals surface area contributed by atoms with Gasteiger partial charge in [-0.2, -0.15) is 0 Å². The minimum Gasteiger partial charge on any atom is -0.289 e. The number of halogens is 1. The second-order valence-electron chi connectivity index (χ2n) is 9.35. The van der Waals surface area contributed by atoms with Gasteiger partial charge < -0.3 is 0 Å². The van der Waals surface area contributed by atoms with Gasteiger partial charge in [-0.3, -0.25) is 4.79 Å². The summed E-state index contributed by atoms with van der Waals surface area (Å²) >= 11 is 8.32. The molecule has 164 valence electrons. The Morgan fingerprint density at radius 2 is 1.17 bits per heavy atom. The Kier molecular flexibility index (Phi) is 3.74. The summed E-state index contributed by atoms with van der Waals surface area (Å²) in [5.74, 6) is 0. The first-order chi connectivity index (χ1) is 17.2. The molecule has 1 unspecified atom stereocenters. The molecule has 1 aromatic heterocycles. The van der Waals surface area contributed by atoms with Crippen LogP contribution in [0, 0.1) is 0 Å². The molecule has 35 heavy (non-hydrogen) atoms. The minimum atomic E-state index is -0.460. The molecule has 6 aromatic rings. The highest BCUT2D eigenvalue weighted by atomic mass is 35.5. The Balaban J connectivity index is 1.60.